The monoisotopic (exact) mass is 308 g/mol. The third kappa shape index (κ3) is 4.26. The van der Waals surface area contributed by atoms with E-state index < -0.39 is 6.09 Å². The molecule has 0 aromatic heterocycles. The number of hydrogen-bond acceptors (Lipinski definition) is 3. The van der Waals surface area contributed by atoms with E-state index in [2.05, 4.69) is 15.3 Å². The van der Waals surface area contributed by atoms with Gasteiger partial charge < -0.3 is 0 Å². The predicted molar refractivity (Wildman–Crippen MR) is 80.6 cm³/mol. The predicted octanol–water partition coefficient (Wildman–Crippen LogP) is 4.58. The number of amides is 1. The number of nitrogens with one attached hydrogen (secondary N) is 1. The van der Waals surface area contributed by atoms with Crippen LogP contribution in [0.5, 0.6) is 0 Å². The second kappa shape index (κ2) is 6.93. The van der Waals surface area contributed by atoms with Crippen LogP contribution in [0.3, 0.4) is 0 Å². The summed E-state index contributed by atoms with van der Waals surface area (Å²) in [7, 11) is 0. The molecule has 0 unspecified atom stereocenters. The van der Waals surface area contributed by atoms with E-state index in [9.17, 15) is 4.79 Å². The number of oxime groups is 1. The van der Waals surface area contributed by atoms with E-state index in [1.165, 1.54) is 6.21 Å². The fourth-order valence-corrected chi connectivity index (χ4v) is 1.79. The summed E-state index contributed by atoms with van der Waals surface area (Å²) < 4.78 is 0. The zero-order chi connectivity index (χ0) is 14.4. The van der Waals surface area contributed by atoms with Gasteiger partial charge in [-0.3, -0.25) is 10.2 Å². The van der Waals surface area contributed by atoms with Crippen molar-refractivity contribution in [2.45, 2.75) is 0 Å². The standard InChI is InChI=1S/C14H10Cl2N2O2/c15-11-5-3-6-12(8-11)18-14(19)20-17-9-10-4-1-2-7-13(10)16/h1-9H,(H,18,19)/b17-9+. The first kappa shape index (κ1) is 14.4. The number of rotatable bonds is 3. The van der Waals surface area contributed by atoms with Crippen LogP contribution in [0.4, 0.5) is 10.5 Å². The molecule has 2 aromatic carbocycles. The molecular formula is C14H10Cl2N2O2. The zero-order valence-corrected chi connectivity index (χ0v) is 11.7. The normalized spacial score (nSPS) is 10.5. The zero-order valence-electron chi connectivity index (χ0n) is 10.2. The van der Waals surface area contributed by atoms with Crippen molar-refractivity contribution in [1.29, 1.82) is 0 Å². The molecule has 2 aromatic rings. The van der Waals surface area contributed by atoms with Crippen LogP contribution in [0.2, 0.25) is 10.0 Å². The van der Waals surface area contributed by atoms with Gasteiger partial charge in [0.25, 0.3) is 0 Å². The number of benzene rings is 2. The fraction of sp³-hybridized carbons (Fsp3) is 0. The average Bonchev–Trinajstić information content (AvgIpc) is 2.41. The van der Waals surface area contributed by atoms with Gasteiger partial charge in [0.2, 0.25) is 0 Å². The minimum atomic E-state index is -0.712. The van der Waals surface area contributed by atoms with Crippen molar-refractivity contribution in [2.24, 2.45) is 5.16 Å². The highest BCUT2D eigenvalue weighted by molar-refractivity contribution is 6.33. The van der Waals surface area contributed by atoms with Crippen molar-refractivity contribution in [1.82, 2.24) is 0 Å². The molecule has 4 nitrogen and oxygen atoms in total. The van der Waals surface area contributed by atoms with E-state index in [1.54, 1.807) is 48.5 Å². The fourth-order valence-electron chi connectivity index (χ4n) is 1.42. The SMILES string of the molecule is O=C(Nc1cccc(Cl)c1)O/N=C/c1ccccc1Cl. The Balaban J connectivity index is 1.91. The molecule has 0 heterocycles. The Labute approximate surface area is 125 Å². The summed E-state index contributed by atoms with van der Waals surface area (Å²) in [4.78, 5) is 16.1. The minimum Gasteiger partial charge on any atom is -0.298 e. The van der Waals surface area contributed by atoms with E-state index in [1.807, 2.05) is 0 Å². The maximum atomic E-state index is 11.5. The molecule has 6 heteroatoms. The molecule has 0 bridgehead atoms. The summed E-state index contributed by atoms with van der Waals surface area (Å²) in [6.07, 6.45) is 0.649. The van der Waals surface area contributed by atoms with Crippen LogP contribution in [0.1, 0.15) is 5.56 Å². The molecule has 1 N–H and O–H groups in total. The van der Waals surface area contributed by atoms with E-state index in [-0.39, 0.29) is 0 Å². The number of anilines is 1. The highest BCUT2D eigenvalue weighted by Crippen LogP contribution is 2.15. The number of carbonyl (C=O) groups excluding carboxylic acids is 1. The summed E-state index contributed by atoms with van der Waals surface area (Å²) in [5.41, 5.74) is 1.18. The van der Waals surface area contributed by atoms with Gasteiger partial charge in [-0.25, -0.2) is 4.79 Å². The maximum absolute atomic E-state index is 11.5. The van der Waals surface area contributed by atoms with E-state index in [0.29, 0.717) is 21.3 Å². The van der Waals surface area contributed by atoms with Gasteiger partial charge in [-0.2, -0.15) is 0 Å². The number of carbonyl (C=O) groups is 1. The van der Waals surface area contributed by atoms with E-state index >= 15 is 0 Å². The van der Waals surface area contributed by atoms with Crippen LogP contribution in [0, 0.1) is 0 Å². The van der Waals surface area contributed by atoms with Crippen LogP contribution in [-0.4, -0.2) is 12.3 Å². The molecule has 1 amide bonds. The first-order valence-corrected chi connectivity index (χ1v) is 6.42. The Morgan fingerprint density at radius 1 is 1.15 bits per heavy atom. The molecule has 0 aliphatic rings. The van der Waals surface area contributed by atoms with Gasteiger partial charge in [0, 0.05) is 21.3 Å². The first-order chi connectivity index (χ1) is 9.65. The third-order valence-electron chi connectivity index (χ3n) is 2.30. The van der Waals surface area contributed by atoms with Gasteiger partial charge in [0.1, 0.15) is 0 Å². The largest absolute Gasteiger partial charge is 0.437 e. The molecule has 20 heavy (non-hydrogen) atoms. The molecule has 0 fully saturated rings. The molecule has 0 radical (unpaired) electrons. The second-order valence-electron chi connectivity index (χ2n) is 3.77. The van der Waals surface area contributed by atoms with Gasteiger partial charge >= 0.3 is 6.09 Å². The molecule has 2 rings (SSSR count). The van der Waals surface area contributed by atoms with Crippen molar-refractivity contribution in [2.75, 3.05) is 5.32 Å². The molecule has 0 saturated carbocycles. The second-order valence-corrected chi connectivity index (χ2v) is 4.61. The Morgan fingerprint density at radius 3 is 2.70 bits per heavy atom. The van der Waals surface area contributed by atoms with Crippen LogP contribution >= 0.6 is 23.2 Å². The average molecular weight is 309 g/mol. The highest BCUT2D eigenvalue weighted by atomic mass is 35.5. The van der Waals surface area contributed by atoms with Crippen molar-refractivity contribution < 1.29 is 9.63 Å². The Kier molecular flexibility index (Phi) is 4.98. The van der Waals surface area contributed by atoms with Gasteiger partial charge in [0.15, 0.2) is 0 Å². The maximum Gasteiger partial charge on any atom is 0.437 e. The lowest BCUT2D eigenvalue weighted by Gasteiger charge is -2.02. The Morgan fingerprint density at radius 2 is 1.95 bits per heavy atom. The first-order valence-electron chi connectivity index (χ1n) is 5.66. The minimum absolute atomic E-state index is 0.516. The quantitative estimate of drug-likeness (QED) is 0.513. The molecule has 0 atom stereocenters. The lowest BCUT2D eigenvalue weighted by Crippen LogP contribution is -2.10. The lowest BCUT2D eigenvalue weighted by molar-refractivity contribution is 0.167. The number of nitrogens with zero attached hydrogens (tertiary/aromatic N) is 1. The van der Waals surface area contributed by atoms with Crippen LogP contribution in [-0.2, 0) is 4.84 Å². The van der Waals surface area contributed by atoms with E-state index in [0.717, 1.165) is 0 Å². The lowest BCUT2D eigenvalue weighted by atomic mass is 10.2. The van der Waals surface area contributed by atoms with Crippen molar-refractivity contribution in [3.05, 3.63) is 64.1 Å². The van der Waals surface area contributed by atoms with Gasteiger partial charge in [0.05, 0.1) is 6.21 Å². The van der Waals surface area contributed by atoms with Crippen molar-refractivity contribution in [3.63, 3.8) is 0 Å². The smallest absolute Gasteiger partial charge is 0.298 e. The van der Waals surface area contributed by atoms with Crippen molar-refractivity contribution >= 4 is 41.2 Å². The molecule has 0 aliphatic carbocycles. The topological polar surface area (TPSA) is 50.7 Å². The van der Waals surface area contributed by atoms with Crippen LogP contribution in [0.25, 0.3) is 0 Å². The highest BCUT2D eigenvalue weighted by Gasteiger charge is 2.03. The van der Waals surface area contributed by atoms with Crippen LogP contribution < -0.4 is 5.32 Å². The third-order valence-corrected chi connectivity index (χ3v) is 2.88. The Bertz CT molecular complexity index is 645. The summed E-state index contributed by atoms with van der Waals surface area (Å²) >= 11 is 11.7. The van der Waals surface area contributed by atoms with Gasteiger partial charge in [-0.1, -0.05) is 52.6 Å². The van der Waals surface area contributed by atoms with Gasteiger partial charge in [-0.05, 0) is 24.3 Å². The Hall–Kier alpha value is -2.04. The van der Waals surface area contributed by atoms with Crippen molar-refractivity contribution in [3.8, 4) is 0 Å². The molecular weight excluding hydrogens is 299 g/mol. The van der Waals surface area contributed by atoms with E-state index in [4.69, 9.17) is 23.2 Å². The summed E-state index contributed by atoms with van der Waals surface area (Å²) in [6.45, 7) is 0. The molecule has 0 spiro atoms. The van der Waals surface area contributed by atoms with Gasteiger partial charge in [-0.15, -0.1) is 0 Å². The number of hydrogen-bond donors (Lipinski definition) is 1. The summed E-state index contributed by atoms with van der Waals surface area (Å²) in [6, 6.07) is 13.8. The molecule has 0 aliphatic heterocycles. The molecule has 0 saturated heterocycles. The summed E-state index contributed by atoms with van der Waals surface area (Å²) in [5.74, 6) is 0. The molecule has 102 valence electrons. The summed E-state index contributed by atoms with van der Waals surface area (Å²) in [5, 5.41) is 7.10. The number of halogens is 2. The van der Waals surface area contributed by atoms with Crippen LogP contribution in [0.15, 0.2) is 53.7 Å².